The van der Waals surface area contributed by atoms with Crippen LogP contribution in [0.5, 0.6) is 17.4 Å². The summed E-state index contributed by atoms with van der Waals surface area (Å²) >= 11 is 0. The zero-order valence-corrected chi connectivity index (χ0v) is 20.1. The van der Waals surface area contributed by atoms with Crippen LogP contribution < -0.4 is 25.3 Å². The molecule has 1 aromatic heterocycles. The highest BCUT2D eigenvalue weighted by Crippen LogP contribution is 2.44. The van der Waals surface area contributed by atoms with Gasteiger partial charge in [0.05, 0.1) is 12.5 Å². The first-order valence-corrected chi connectivity index (χ1v) is 11.2. The molecule has 35 heavy (non-hydrogen) atoms. The molecule has 0 bridgehead atoms. The van der Waals surface area contributed by atoms with Crippen LogP contribution in [-0.4, -0.2) is 29.3 Å². The number of nitrogens with one attached hydrogen (secondary N) is 2. The maximum atomic E-state index is 12.5. The first-order chi connectivity index (χ1) is 16.8. The topological polar surface area (TPSA) is 135 Å². The number of ether oxygens (including phenoxy) is 3. The van der Waals surface area contributed by atoms with Gasteiger partial charge in [0.15, 0.2) is 18.1 Å². The van der Waals surface area contributed by atoms with Gasteiger partial charge < -0.3 is 25.3 Å². The largest absolute Gasteiger partial charge is 0.490 e. The van der Waals surface area contributed by atoms with Crippen molar-refractivity contribution in [3.8, 4) is 23.4 Å². The van der Waals surface area contributed by atoms with Gasteiger partial charge in [-0.25, -0.2) is 0 Å². The van der Waals surface area contributed by atoms with E-state index in [9.17, 15) is 10.1 Å². The number of nitrogens with zero attached hydrogens (tertiary/aromatic N) is 2. The third-order valence-electron chi connectivity index (χ3n) is 5.88. The van der Waals surface area contributed by atoms with Gasteiger partial charge in [-0.1, -0.05) is 12.1 Å². The van der Waals surface area contributed by atoms with E-state index < -0.39 is 5.92 Å². The number of hydrogen-bond donors (Lipinski definition) is 3. The maximum Gasteiger partial charge on any atom is 0.262 e. The van der Waals surface area contributed by atoms with Gasteiger partial charge in [-0.2, -0.15) is 5.26 Å². The lowest BCUT2D eigenvalue weighted by Crippen LogP contribution is -2.21. The second kappa shape index (κ2) is 9.81. The first-order valence-electron chi connectivity index (χ1n) is 11.2. The highest BCUT2D eigenvalue weighted by molar-refractivity contribution is 5.92. The fourth-order valence-corrected chi connectivity index (χ4v) is 3.98. The summed E-state index contributed by atoms with van der Waals surface area (Å²) in [4.78, 5) is 12.5. The van der Waals surface area contributed by atoms with Crippen molar-refractivity contribution >= 4 is 11.6 Å². The van der Waals surface area contributed by atoms with Crippen LogP contribution >= 0.6 is 0 Å². The highest BCUT2D eigenvalue weighted by Gasteiger charge is 2.34. The lowest BCUT2D eigenvalue weighted by molar-refractivity contribution is -0.118. The summed E-state index contributed by atoms with van der Waals surface area (Å²) in [7, 11) is 0. The Morgan fingerprint density at radius 3 is 2.69 bits per heavy atom. The van der Waals surface area contributed by atoms with E-state index >= 15 is 0 Å². The lowest BCUT2D eigenvalue weighted by atomic mass is 9.84. The Kier molecular flexibility index (Phi) is 6.64. The number of H-pyrrole nitrogens is 1. The number of allylic oxidation sites excluding steroid dienone is 1. The molecular formula is C26H27N5O4. The number of fused-ring (bicyclic) bond motifs is 1. The number of aromatic nitrogens is 2. The number of nitrogens with two attached hydrogens (primary N) is 1. The van der Waals surface area contributed by atoms with Crippen molar-refractivity contribution in [1.29, 1.82) is 5.26 Å². The predicted octanol–water partition coefficient (Wildman–Crippen LogP) is 3.97. The molecule has 1 aliphatic heterocycles. The van der Waals surface area contributed by atoms with Crippen molar-refractivity contribution in [2.45, 2.75) is 33.6 Å². The lowest BCUT2D eigenvalue weighted by Gasteiger charge is -2.24. The summed E-state index contributed by atoms with van der Waals surface area (Å²) in [6, 6.07) is 13.2. The molecule has 0 aliphatic carbocycles. The van der Waals surface area contributed by atoms with E-state index in [4.69, 9.17) is 19.9 Å². The number of amides is 1. The Hall–Kier alpha value is -4.45. The van der Waals surface area contributed by atoms with E-state index in [1.165, 1.54) is 0 Å². The fraction of sp³-hybridized carbons (Fsp3) is 0.269. The van der Waals surface area contributed by atoms with E-state index in [1.807, 2.05) is 52.0 Å². The first kappa shape index (κ1) is 23.7. The number of carbonyl (C=O) groups is 1. The zero-order valence-electron chi connectivity index (χ0n) is 20.1. The van der Waals surface area contributed by atoms with Gasteiger partial charge in [0, 0.05) is 16.9 Å². The van der Waals surface area contributed by atoms with E-state index in [0.717, 1.165) is 27.9 Å². The van der Waals surface area contributed by atoms with E-state index in [-0.39, 0.29) is 24.0 Å². The van der Waals surface area contributed by atoms with Crippen LogP contribution in [-0.2, 0) is 4.79 Å². The predicted molar refractivity (Wildman–Crippen MR) is 130 cm³/mol. The van der Waals surface area contributed by atoms with Crippen molar-refractivity contribution in [2.75, 3.05) is 18.5 Å². The number of carbonyl (C=O) groups excluding carboxylic acids is 1. The molecule has 9 heteroatoms. The second-order valence-corrected chi connectivity index (χ2v) is 8.27. The number of aryl methyl sites for hydroxylation is 3. The molecule has 0 saturated heterocycles. The molecule has 2 heterocycles. The molecular weight excluding hydrogens is 446 g/mol. The minimum absolute atomic E-state index is 0.0119. The summed E-state index contributed by atoms with van der Waals surface area (Å²) in [5, 5.41) is 19.7. The summed E-state index contributed by atoms with van der Waals surface area (Å²) in [5.41, 5.74) is 11.5. The smallest absolute Gasteiger partial charge is 0.262 e. The number of rotatable bonds is 7. The summed E-state index contributed by atoms with van der Waals surface area (Å²) in [6.45, 7) is 7.92. The van der Waals surface area contributed by atoms with Gasteiger partial charge in [-0.3, -0.25) is 9.89 Å². The Morgan fingerprint density at radius 2 is 1.97 bits per heavy atom. The van der Waals surface area contributed by atoms with E-state index in [2.05, 4.69) is 21.6 Å². The molecule has 1 amide bonds. The van der Waals surface area contributed by atoms with Crippen LogP contribution in [0, 0.1) is 32.1 Å². The zero-order chi connectivity index (χ0) is 25.1. The Morgan fingerprint density at radius 1 is 1.17 bits per heavy atom. The molecule has 3 aromatic rings. The molecule has 0 saturated carbocycles. The molecule has 9 nitrogen and oxygen atoms in total. The average Bonchev–Trinajstić information content (AvgIpc) is 3.19. The van der Waals surface area contributed by atoms with Crippen molar-refractivity contribution < 1.29 is 19.0 Å². The molecule has 0 spiro atoms. The van der Waals surface area contributed by atoms with Crippen LogP contribution in [0.25, 0.3) is 0 Å². The Labute approximate surface area is 203 Å². The molecule has 2 aromatic carbocycles. The van der Waals surface area contributed by atoms with Gasteiger partial charge in [-0.15, -0.1) is 5.10 Å². The molecule has 4 N–H and O–H groups in total. The molecule has 0 radical (unpaired) electrons. The third-order valence-corrected chi connectivity index (χ3v) is 5.88. The molecule has 180 valence electrons. The van der Waals surface area contributed by atoms with Crippen LogP contribution in [0.15, 0.2) is 47.9 Å². The van der Waals surface area contributed by atoms with Crippen LogP contribution in [0.1, 0.15) is 40.8 Å². The normalized spacial score (nSPS) is 14.5. The number of benzene rings is 2. The van der Waals surface area contributed by atoms with Gasteiger partial charge >= 0.3 is 0 Å². The minimum atomic E-state index is -0.483. The fourth-order valence-electron chi connectivity index (χ4n) is 3.98. The Bertz CT molecular complexity index is 1350. The molecule has 1 unspecified atom stereocenters. The standard InChI is InChI=1S/C26H27N5O4/c1-5-33-21-11-17(24-19(12-27)25(28)35-26-23(24)16(4)30-31-26)7-9-20(21)34-13-22(32)29-18-8-6-14(2)15(3)10-18/h6-11,24H,5,13,28H2,1-4H3,(H,29,32)(H,30,31). The molecule has 4 rings (SSSR count). The van der Waals surface area contributed by atoms with Crippen LogP contribution in [0.3, 0.4) is 0 Å². The van der Waals surface area contributed by atoms with Gasteiger partial charge in [0.2, 0.25) is 11.8 Å². The van der Waals surface area contributed by atoms with Gasteiger partial charge in [0.25, 0.3) is 5.91 Å². The maximum absolute atomic E-state index is 12.5. The van der Waals surface area contributed by atoms with E-state index in [1.54, 1.807) is 12.1 Å². The summed E-state index contributed by atoms with van der Waals surface area (Å²) in [6.07, 6.45) is 0. The van der Waals surface area contributed by atoms with Crippen LogP contribution in [0.4, 0.5) is 5.69 Å². The quantitative estimate of drug-likeness (QED) is 0.472. The Balaban J connectivity index is 1.57. The molecule has 1 atom stereocenters. The number of hydrogen-bond acceptors (Lipinski definition) is 7. The summed E-state index contributed by atoms with van der Waals surface area (Å²) < 4.78 is 17.1. The number of anilines is 1. The van der Waals surface area contributed by atoms with Gasteiger partial charge in [0.1, 0.15) is 11.6 Å². The van der Waals surface area contributed by atoms with E-state index in [0.29, 0.717) is 29.7 Å². The molecule has 0 fully saturated rings. The van der Waals surface area contributed by atoms with Crippen LogP contribution in [0.2, 0.25) is 0 Å². The SMILES string of the molecule is CCOc1cc(C2C(C#N)=C(N)Oc3n[nH]c(C)c32)ccc1OCC(=O)Nc1ccc(C)c(C)c1. The van der Waals surface area contributed by atoms with Crippen molar-refractivity contribution in [1.82, 2.24) is 10.2 Å². The third kappa shape index (κ3) is 4.77. The highest BCUT2D eigenvalue weighted by atomic mass is 16.5. The van der Waals surface area contributed by atoms with Crippen molar-refractivity contribution in [3.05, 3.63) is 75.8 Å². The average molecular weight is 474 g/mol. The molecule has 1 aliphatic rings. The number of aromatic amines is 1. The van der Waals surface area contributed by atoms with Gasteiger partial charge in [-0.05, 0) is 68.7 Å². The monoisotopic (exact) mass is 473 g/mol. The number of nitriles is 1. The van der Waals surface area contributed by atoms with Crippen molar-refractivity contribution in [3.63, 3.8) is 0 Å². The second-order valence-electron chi connectivity index (χ2n) is 8.27. The summed E-state index contributed by atoms with van der Waals surface area (Å²) in [5.74, 6) is 0.448. The van der Waals surface area contributed by atoms with Crippen molar-refractivity contribution in [2.24, 2.45) is 5.73 Å². The minimum Gasteiger partial charge on any atom is -0.490 e.